The van der Waals surface area contributed by atoms with Crippen LogP contribution in [0.4, 0.5) is 0 Å². The Hall–Kier alpha value is -0.720. The third kappa shape index (κ3) is 4.42. The second-order valence-electron chi connectivity index (χ2n) is 11.1. The van der Waals surface area contributed by atoms with E-state index in [2.05, 4.69) is 40.3 Å². The summed E-state index contributed by atoms with van der Waals surface area (Å²) in [5.74, 6) is 1.17. The minimum absolute atomic E-state index is 0.0601. The molecule has 0 amide bonds. The molecule has 0 bridgehead atoms. The van der Waals surface area contributed by atoms with Gasteiger partial charge >= 0.3 is 0 Å². The number of hydrogen-bond donors (Lipinski definition) is 3. The van der Waals surface area contributed by atoms with Gasteiger partial charge in [-0.05, 0) is 68.6 Å². The van der Waals surface area contributed by atoms with Crippen LogP contribution in [0.15, 0.2) is 24.3 Å². The Morgan fingerprint density at radius 2 is 1.93 bits per heavy atom. The highest BCUT2D eigenvalue weighted by Crippen LogP contribution is 2.60. The van der Waals surface area contributed by atoms with Crippen LogP contribution in [0, 0.1) is 22.7 Å². The van der Waals surface area contributed by atoms with Crippen molar-refractivity contribution in [2.75, 3.05) is 6.61 Å². The zero-order valence-corrected chi connectivity index (χ0v) is 19.4. The summed E-state index contributed by atoms with van der Waals surface area (Å²) in [6.07, 6.45) is 6.31. The molecule has 3 rings (SSSR count). The first-order chi connectivity index (χ1) is 13.9. The predicted molar refractivity (Wildman–Crippen MR) is 118 cm³/mol. The van der Waals surface area contributed by atoms with Crippen LogP contribution in [-0.4, -0.2) is 52.1 Å². The van der Waals surface area contributed by atoms with Gasteiger partial charge in [0.1, 0.15) is 18.3 Å². The van der Waals surface area contributed by atoms with E-state index in [1.807, 2.05) is 6.92 Å². The van der Waals surface area contributed by atoms with E-state index in [-0.39, 0.29) is 12.0 Å². The molecule has 172 valence electrons. The average molecular weight is 423 g/mol. The highest BCUT2D eigenvalue weighted by molar-refractivity contribution is 5.18. The van der Waals surface area contributed by atoms with Crippen molar-refractivity contribution >= 4 is 0 Å². The molecule has 0 unspecified atom stereocenters. The number of fused-ring (bicyclic) bond motifs is 1. The molecule has 0 aromatic carbocycles. The maximum absolute atomic E-state index is 10.3. The third-order valence-electron chi connectivity index (χ3n) is 8.50. The van der Waals surface area contributed by atoms with Crippen molar-refractivity contribution in [1.29, 1.82) is 0 Å². The molecule has 0 radical (unpaired) electrons. The van der Waals surface area contributed by atoms with Gasteiger partial charge in [-0.25, -0.2) is 0 Å². The first-order valence-electron chi connectivity index (χ1n) is 11.6. The largest absolute Gasteiger partial charge is 0.388 e. The summed E-state index contributed by atoms with van der Waals surface area (Å²) in [7, 11) is 0. The summed E-state index contributed by atoms with van der Waals surface area (Å²) < 4.78 is 11.6. The molecule has 0 aromatic heterocycles. The fourth-order valence-corrected chi connectivity index (χ4v) is 6.48. The van der Waals surface area contributed by atoms with Crippen molar-refractivity contribution in [2.24, 2.45) is 22.7 Å². The first kappa shape index (κ1) is 23.9. The lowest BCUT2D eigenvalue weighted by Crippen LogP contribution is -2.55. The fourth-order valence-electron chi connectivity index (χ4n) is 6.48. The molecule has 2 aliphatic carbocycles. The lowest BCUT2D eigenvalue weighted by atomic mass is 9.48. The Labute approximate surface area is 182 Å². The summed E-state index contributed by atoms with van der Waals surface area (Å²) in [6, 6.07) is 0. The molecule has 30 heavy (non-hydrogen) atoms. The topological polar surface area (TPSA) is 79.2 Å². The Bertz CT molecular complexity index is 658. The van der Waals surface area contributed by atoms with E-state index >= 15 is 0 Å². The number of ether oxygens (including phenoxy) is 2. The van der Waals surface area contributed by atoms with Crippen molar-refractivity contribution in [2.45, 2.75) is 103 Å². The lowest BCUT2D eigenvalue weighted by molar-refractivity contribution is -0.293. The zero-order chi connectivity index (χ0) is 22.3. The second kappa shape index (κ2) is 8.67. The average Bonchev–Trinajstić information content (AvgIpc) is 2.67. The van der Waals surface area contributed by atoms with Gasteiger partial charge in [0.05, 0.1) is 12.2 Å². The van der Waals surface area contributed by atoms with Crippen LogP contribution in [0.2, 0.25) is 0 Å². The van der Waals surface area contributed by atoms with Crippen LogP contribution in [0.1, 0.15) is 73.1 Å². The molecule has 0 aromatic rings. The number of allylic oxidation sites excluding steroid dienone is 2. The molecule has 3 aliphatic rings. The fraction of sp³-hybridized carbons (Fsp3) is 0.840. The summed E-state index contributed by atoms with van der Waals surface area (Å²) in [4.78, 5) is 0. The maximum Gasteiger partial charge on any atom is 0.187 e. The molecule has 5 heteroatoms. The zero-order valence-electron chi connectivity index (χ0n) is 19.4. The number of rotatable bonds is 6. The van der Waals surface area contributed by atoms with Gasteiger partial charge in [-0.3, -0.25) is 0 Å². The highest BCUT2D eigenvalue weighted by atomic mass is 16.7. The Kier molecular flexibility index (Phi) is 6.91. The molecular formula is C25H42O5. The standard InChI is InChI=1S/C25H42O5/c1-7-24(5,30-22-21(28)20(27)18(26)15-29-22)14-11-17-16(2)9-10-19-23(3,4)12-8-13-25(17,19)6/h7,9,17-22,26-28H,1,8,10-15H2,2-6H3/t17-,18-,19-,20-,21+,22-,24-,25+/m0/s1. The van der Waals surface area contributed by atoms with Crippen LogP contribution in [-0.2, 0) is 9.47 Å². The molecule has 1 saturated heterocycles. The van der Waals surface area contributed by atoms with Gasteiger partial charge in [-0.1, -0.05) is 44.9 Å². The number of hydrogen-bond acceptors (Lipinski definition) is 5. The van der Waals surface area contributed by atoms with E-state index in [4.69, 9.17) is 9.47 Å². The minimum atomic E-state index is -1.29. The quantitative estimate of drug-likeness (QED) is 0.565. The van der Waals surface area contributed by atoms with E-state index in [1.165, 1.54) is 31.3 Å². The molecule has 2 fully saturated rings. The van der Waals surface area contributed by atoms with Crippen molar-refractivity contribution in [3.63, 3.8) is 0 Å². The van der Waals surface area contributed by atoms with E-state index < -0.39 is 30.2 Å². The molecule has 1 saturated carbocycles. The Balaban J connectivity index is 1.72. The first-order valence-corrected chi connectivity index (χ1v) is 11.6. The van der Waals surface area contributed by atoms with Gasteiger partial charge in [0.15, 0.2) is 6.29 Å². The Morgan fingerprint density at radius 3 is 2.60 bits per heavy atom. The number of aliphatic hydroxyl groups excluding tert-OH is 3. The van der Waals surface area contributed by atoms with Gasteiger partial charge in [-0.2, -0.15) is 0 Å². The smallest absolute Gasteiger partial charge is 0.187 e. The minimum Gasteiger partial charge on any atom is -0.388 e. The summed E-state index contributed by atoms with van der Waals surface area (Å²) in [6.45, 7) is 15.5. The second-order valence-corrected chi connectivity index (χ2v) is 11.1. The van der Waals surface area contributed by atoms with Gasteiger partial charge in [0.25, 0.3) is 0 Å². The van der Waals surface area contributed by atoms with Crippen LogP contribution < -0.4 is 0 Å². The molecule has 5 nitrogen and oxygen atoms in total. The molecule has 1 heterocycles. The van der Waals surface area contributed by atoms with E-state index in [0.717, 1.165) is 12.8 Å². The molecule has 0 spiro atoms. The van der Waals surface area contributed by atoms with Gasteiger partial charge in [0, 0.05) is 0 Å². The van der Waals surface area contributed by atoms with Crippen molar-refractivity contribution < 1.29 is 24.8 Å². The summed E-state index contributed by atoms with van der Waals surface area (Å²) in [5, 5.41) is 29.9. The number of aliphatic hydroxyl groups is 3. The summed E-state index contributed by atoms with van der Waals surface area (Å²) >= 11 is 0. The van der Waals surface area contributed by atoms with Crippen LogP contribution in [0.3, 0.4) is 0 Å². The van der Waals surface area contributed by atoms with Gasteiger partial charge in [0.2, 0.25) is 0 Å². The predicted octanol–water partition coefficient (Wildman–Crippen LogP) is 3.97. The van der Waals surface area contributed by atoms with E-state index in [0.29, 0.717) is 17.3 Å². The maximum atomic E-state index is 10.3. The van der Waals surface area contributed by atoms with Crippen molar-refractivity contribution in [3.8, 4) is 0 Å². The molecular weight excluding hydrogens is 380 g/mol. The van der Waals surface area contributed by atoms with Crippen molar-refractivity contribution in [3.05, 3.63) is 24.3 Å². The van der Waals surface area contributed by atoms with Crippen LogP contribution >= 0.6 is 0 Å². The van der Waals surface area contributed by atoms with Crippen LogP contribution in [0.5, 0.6) is 0 Å². The highest BCUT2D eigenvalue weighted by Gasteiger charge is 2.52. The Morgan fingerprint density at radius 1 is 1.23 bits per heavy atom. The van der Waals surface area contributed by atoms with E-state index in [1.54, 1.807) is 6.08 Å². The molecule has 8 atom stereocenters. The molecule has 3 N–H and O–H groups in total. The lowest BCUT2D eigenvalue weighted by Gasteiger charge is -2.57. The van der Waals surface area contributed by atoms with Crippen molar-refractivity contribution in [1.82, 2.24) is 0 Å². The molecule has 1 aliphatic heterocycles. The van der Waals surface area contributed by atoms with E-state index in [9.17, 15) is 15.3 Å². The monoisotopic (exact) mass is 422 g/mol. The SMILES string of the molecule is C=C[C@@](C)(CC[C@H]1C(C)=CC[C@H]2C(C)(C)CCC[C@]12C)O[C@@H]1OC[C@H](O)[C@H](O)[C@H]1O. The third-order valence-corrected chi connectivity index (χ3v) is 8.50. The van der Waals surface area contributed by atoms with Crippen LogP contribution in [0.25, 0.3) is 0 Å². The van der Waals surface area contributed by atoms with Gasteiger partial charge in [-0.15, -0.1) is 6.58 Å². The van der Waals surface area contributed by atoms with Gasteiger partial charge < -0.3 is 24.8 Å². The normalized spacial score (nSPS) is 43.3. The summed E-state index contributed by atoms with van der Waals surface area (Å²) in [5.41, 5.74) is 1.42.